The van der Waals surface area contributed by atoms with E-state index in [4.69, 9.17) is 0 Å². The second kappa shape index (κ2) is 8.32. The fourth-order valence-electron chi connectivity index (χ4n) is 3.50. The first-order valence-electron chi connectivity index (χ1n) is 8.95. The lowest BCUT2D eigenvalue weighted by Gasteiger charge is -2.30. The van der Waals surface area contributed by atoms with E-state index in [0.29, 0.717) is 18.3 Å². The van der Waals surface area contributed by atoms with E-state index in [1.807, 2.05) is 31.2 Å². The van der Waals surface area contributed by atoms with Gasteiger partial charge < -0.3 is 10.4 Å². The molecule has 2 N–H and O–H groups in total. The molecule has 0 aromatic heterocycles. The van der Waals surface area contributed by atoms with Crippen LogP contribution in [0.5, 0.6) is 0 Å². The van der Waals surface area contributed by atoms with Gasteiger partial charge in [0.15, 0.2) is 0 Å². The topological polar surface area (TPSA) is 66.4 Å². The van der Waals surface area contributed by atoms with Crippen molar-refractivity contribution in [1.82, 2.24) is 5.32 Å². The second-order valence-electron chi connectivity index (χ2n) is 7.44. The van der Waals surface area contributed by atoms with Crippen molar-refractivity contribution >= 4 is 11.9 Å². The minimum absolute atomic E-state index is 0.0418. The Labute approximate surface area is 144 Å². The molecule has 0 aliphatic heterocycles. The monoisotopic (exact) mass is 331 g/mol. The molecule has 1 aliphatic carbocycles. The molecule has 1 aliphatic rings. The number of aliphatic carboxylic acids is 1. The SMILES string of the molecule is Cc1ccc(C[C@@H](NC(=O)C2CCC(C(C)C)CC2)C(=O)O)cc1. The van der Waals surface area contributed by atoms with Gasteiger partial charge in [0.2, 0.25) is 5.91 Å². The number of carboxylic acids is 1. The normalized spacial score (nSPS) is 22.2. The van der Waals surface area contributed by atoms with E-state index < -0.39 is 12.0 Å². The van der Waals surface area contributed by atoms with Crippen molar-refractivity contribution in [2.45, 2.75) is 58.9 Å². The van der Waals surface area contributed by atoms with Crippen LogP contribution in [-0.4, -0.2) is 23.0 Å². The summed E-state index contributed by atoms with van der Waals surface area (Å²) in [6, 6.07) is 6.91. The van der Waals surface area contributed by atoms with Crippen LogP contribution < -0.4 is 5.32 Å². The maximum Gasteiger partial charge on any atom is 0.326 e. The van der Waals surface area contributed by atoms with Gasteiger partial charge in [-0.2, -0.15) is 0 Å². The minimum atomic E-state index is -0.972. The Hall–Kier alpha value is -1.84. The number of hydrogen-bond donors (Lipinski definition) is 2. The summed E-state index contributed by atoms with van der Waals surface area (Å²) in [6.07, 6.45) is 4.18. The van der Waals surface area contributed by atoms with Crippen molar-refractivity contribution in [2.75, 3.05) is 0 Å². The van der Waals surface area contributed by atoms with E-state index in [2.05, 4.69) is 19.2 Å². The van der Waals surface area contributed by atoms with Crippen LogP contribution in [0.25, 0.3) is 0 Å². The first-order chi connectivity index (χ1) is 11.4. The number of aryl methyl sites for hydroxylation is 1. The number of amides is 1. The predicted molar refractivity (Wildman–Crippen MR) is 94.7 cm³/mol. The van der Waals surface area contributed by atoms with Gasteiger partial charge in [0.25, 0.3) is 0 Å². The molecule has 4 heteroatoms. The largest absolute Gasteiger partial charge is 0.480 e. The zero-order valence-electron chi connectivity index (χ0n) is 14.9. The number of benzene rings is 1. The molecule has 1 aromatic rings. The number of carbonyl (C=O) groups is 2. The van der Waals surface area contributed by atoms with Crippen molar-refractivity contribution < 1.29 is 14.7 Å². The standard InChI is InChI=1S/C20H29NO3/c1-13(2)16-8-10-17(11-9-16)19(22)21-18(20(23)24)12-15-6-4-14(3)5-7-15/h4-7,13,16-18H,8-12H2,1-3H3,(H,21,22)(H,23,24)/t16?,17?,18-/m1/s1. The van der Waals surface area contributed by atoms with Crippen molar-refractivity contribution in [3.05, 3.63) is 35.4 Å². The lowest BCUT2D eigenvalue weighted by atomic mass is 9.76. The maximum atomic E-state index is 12.5. The molecule has 1 saturated carbocycles. The second-order valence-corrected chi connectivity index (χ2v) is 7.44. The van der Waals surface area contributed by atoms with Gasteiger partial charge in [-0.3, -0.25) is 4.79 Å². The molecule has 0 saturated heterocycles. The van der Waals surface area contributed by atoms with Crippen molar-refractivity contribution in [1.29, 1.82) is 0 Å². The fraction of sp³-hybridized carbons (Fsp3) is 0.600. The molecule has 0 spiro atoms. The van der Waals surface area contributed by atoms with Crippen molar-refractivity contribution in [3.63, 3.8) is 0 Å². The highest BCUT2D eigenvalue weighted by Crippen LogP contribution is 2.33. The minimum Gasteiger partial charge on any atom is -0.480 e. The number of nitrogens with one attached hydrogen (secondary N) is 1. The van der Waals surface area contributed by atoms with Gasteiger partial charge in [-0.05, 0) is 50.0 Å². The number of carboxylic acid groups (broad SMARTS) is 1. The number of carbonyl (C=O) groups excluding carboxylic acids is 1. The molecule has 0 bridgehead atoms. The summed E-state index contributed by atoms with van der Waals surface area (Å²) in [5, 5.41) is 12.2. The molecule has 1 fully saturated rings. The zero-order valence-corrected chi connectivity index (χ0v) is 14.9. The summed E-state index contributed by atoms with van der Waals surface area (Å²) in [7, 11) is 0. The van der Waals surface area contributed by atoms with Crippen LogP contribution in [0.4, 0.5) is 0 Å². The van der Waals surface area contributed by atoms with Crippen LogP contribution >= 0.6 is 0 Å². The van der Waals surface area contributed by atoms with Crippen molar-refractivity contribution in [2.24, 2.45) is 17.8 Å². The Morgan fingerprint density at radius 1 is 1.12 bits per heavy atom. The molecule has 0 radical (unpaired) electrons. The van der Waals surface area contributed by atoms with Crippen LogP contribution in [0.3, 0.4) is 0 Å². The van der Waals surface area contributed by atoms with Crippen LogP contribution in [0.2, 0.25) is 0 Å². The maximum absolute atomic E-state index is 12.5. The number of rotatable bonds is 6. The smallest absolute Gasteiger partial charge is 0.326 e. The molecular weight excluding hydrogens is 302 g/mol. The van der Waals surface area contributed by atoms with Gasteiger partial charge in [-0.15, -0.1) is 0 Å². The molecule has 0 unspecified atom stereocenters. The molecule has 2 rings (SSSR count). The van der Waals surface area contributed by atoms with Crippen molar-refractivity contribution in [3.8, 4) is 0 Å². The van der Waals surface area contributed by atoms with E-state index in [1.165, 1.54) is 0 Å². The summed E-state index contributed by atoms with van der Waals surface area (Å²) in [5.41, 5.74) is 2.06. The summed E-state index contributed by atoms with van der Waals surface area (Å²) in [4.78, 5) is 24.0. The summed E-state index contributed by atoms with van der Waals surface area (Å²) < 4.78 is 0. The Morgan fingerprint density at radius 2 is 1.71 bits per heavy atom. The third-order valence-corrected chi connectivity index (χ3v) is 5.26. The Bertz CT molecular complexity index is 557. The third kappa shape index (κ3) is 5.08. The van der Waals surface area contributed by atoms with Crippen LogP contribution in [0, 0.1) is 24.7 Å². The molecule has 1 aromatic carbocycles. The number of hydrogen-bond acceptors (Lipinski definition) is 2. The Kier molecular flexibility index (Phi) is 6.41. The highest BCUT2D eigenvalue weighted by atomic mass is 16.4. The first-order valence-corrected chi connectivity index (χ1v) is 8.95. The van der Waals surface area contributed by atoms with Gasteiger partial charge in [0.05, 0.1) is 0 Å². The van der Waals surface area contributed by atoms with E-state index in [0.717, 1.165) is 36.8 Å². The van der Waals surface area contributed by atoms with Gasteiger partial charge in [-0.1, -0.05) is 43.7 Å². The zero-order chi connectivity index (χ0) is 17.7. The average molecular weight is 331 g/mol. The van der Waals surface area contributed by atoms with E-state index in [-0.39, 0.29) is 11.8 Å². The fourth-order valence-corrected chi connectivity index (χ4v) is 3.50. The highest BCUT2D eigenvalue weighted by Gasteiger charge is 2.30. The van der Waals surface area contributed by atoms with Crippen LogP contribution in [0.15, 0.2) is 24.3 Å². The van der Waals surface area contributed by atoms with Crippen LogP contribution in [0.1, 0.15) is 50.7 Å². The molecule has 4 nitrogen and oxygen atoms in total. The summed E-state index contributed by atoms with van der Waals surface area (Å²) >= 11 is 0. The van der Waals surface area contributed by atoms with E-state index in [1.54, 1.807) is 0 Å². The molecule has 1 atom stereocenters. The van der Waals surface area contributed by atoms with Gasteiger partial charge in [0.1, 0.15) is 6.04 Å². The average Bonchev–Trinajstić information content (AvgIpc) is 2.56. The summed E-state index contributed by atoms with van der Waals surface area (Å²) in [5.74, 6) is 0.232. The van der Waals surface area contributed by atoms with Gasteiger partial charge in [0, 0.05) is 12.3 Å². The Balaban J connectivity index is 1.92. The first kappa shape index (κ1) is 18.5. The molecule has 1 amide bonds. The lowest BCUT2D eigenvalue weighted by molar-refractivity contribution is -0.142. The Morgan fingerprint density at radius 3 is 2.21 bits per heavy atom. The van der Waals surface area contributed by atoms with E-state index in [9.17, 15) is 14.7 Å². The summed E-state index contributed by atoms with van der Waals surface area (Å²) in [6.45, 7) is 6.45. The quantitative estimate of drug-likeness (QED) is 0.837. The molecule has 24 heavy (non-hydrogen) atoms. The molecular formula is C20H29NO3. The third-order valence-electron chi connectivity index (χ3n) is 5.26. The highest BCUT2D eigenvalue weighted by molar-refractivity contribution is 5.85. The van der Waals surface area contributed by atoms with Crippen LogP contribution in [-0.2, 0) is 16.0 Å². The van der Waals surface area contributed by atoms with Gasteiger partial charge in [-0.25, -0.2) is 4.79 Å². The van der Waals surface area contributed by atoms with E-state index >= 15 is 0 Å². The van der Waals surface area contributed by atoms with Gasteiger partial charge >= 0.3 is 5.97 Å². The lowest BCUT2D eigenvalue weighted by Crippen LogP contribution is -2.45. The predicted octanol–water partition coefficient (Wildman–Crippen LogP) is 3.57. The molecule has 132 valence electrons. The molecule has 0 heterocycles.